The number of hydrogen-bond acceptors (Lipinski definition) is 3. The van der Waals surface area contributed by atoms with Crippen molar-refractivity contribution in [3.8, 4) is 5.75 Å². The topological polar surface area (TPSA) is 64.7 Å². The Bertz CT molecular complexity index is 669. The van der Waals surface area contributed by atoms with Gasteiger partial charge in [-0.15, -0.1) is 0 Å². The summed E-state index contributed by atoms with van der Waals surface area (Å²) in [6.07, 6.45) is 1.59. The summed E-state index contributed by atoms with van der Waals surface area (Å²) < 4.78 is 18.6. The molecule has 0 fully saturated rings. The number of halogens is 1. The molecule has 0 radical (unpaired) electrons. The number of nitrogens with two attached hydrogens (primary N) is 1. The van der Waals surface area contributed by atoms with E-state index in [9.17, 15) is 9.18 Å². The van der Waals surface area contributed by atoms with Gasteiger partial charge < -0.3 is 10.5 Å². The number of rotatable bonds is 6. The van der Waals surface area contributed by atoms with Crippen LogP contribution < -0.4 is 10.5 Å². The molecule has 0 saturated heterocycles. The summed E-state index contributed by atoms with van der Waals surface area (Å²) in [6.45, 7) is 1.93. The molecule has 22 heavy (non-hydrogen) atoms. The van der Waals surface area contributed by atoms with Crippen LogP contribution in [-0.2, 0) is 11.4 Å². The van der Waals surface area contributed by atoms with Gasteiger partial charge in [0.15, 0.2) is 0 Å². The van der Waals surface area contributed by atoms with Crippen molar-refractivity contribution in [1.82, 2.24) is 0 Å². The minimum absolute atomic E-state index is 0.281. The smallest absolute Gasteiger partial charge is 0.241 e. The summed E-state index contributed by atoms with van der Waals surface area (Å²) >= 11 is 0. The molecule has 2 rings (SSSR count). The molecule has 0 aliphatic carbocycles. The molecule has 114 valence electrons. The lowest BCUT2D eigenvalue weighted by atomic mass is 10.2. The molecule has 0 bridgehead atoms. The number of carbonyl (C=O) groups is 1. The number of aliphatic imine (C=N–C) groups is 1. The molecule has 2 aromatic rings. The van der Waals surface area contributed by atoms with Crippen molar-refractivity contribution >= 4 is 12.1 Å². The van der Waals surface area contributed by atoms with Gasteiger partial charge in [-0.3, -0.25) is 9.79 Å². The van der Waals surface area contributed by atoms with Gasteiger partial charge in [0, 0.05) is 6.21 Å². The molecule has 1 atom stereocenters. The number of hydrogen-bond donors (Lipinski definition) is 1. The number of amides is 1. The average molecular weight is 300 g/mol. The largest absolute Gasteiger partial charge is 0.489 e. The van der Waals surface area contributed by atoms with Crippen molar-refractivity contribution in [3.63, 3.8) is 0 Å². The first-order chi connectivity index (χ1) is 10.5. The minimum atomic E-state index is -0.552. The molecular formula is C17H17FN2O2. The second kappa shape index (κ2) is 7.36. The molecule has 0 aliphatic rings. The van der Waals surface area contributed by atoms with Gasteiger partial charge in [-0.2, -0.15) is 0 Å². The zero-order valence-corrected chi connectivity index (χ0v) is 12.2. The van der Waals surface area contributed by atoms with E-state index in [2.05, 4.69) is 4.99 Å². The normalized spacial score (nSPS) is 12.3. The predicted molar refractivity (Wildman–Crippen MR) is 83.4 cm³/mol. The van der Waals surface area contributed by atoms with Crippen LogP contribution >= 0.6 is 0 Å². The fourth-order valence-corrected chi connectivity index (χ4v) is 1.71. The molecule has 2 N–H and O–H groups in total. The van der Waals surface area contributed by atoms with E-state index in [0.29, 0.717) is 12.4 Å². The van der Waals surface area contributed by atoms with Crippen molar-refractivity contribution in [2.75, 3.05) is 0 Å². The van der Waals surface area contributed by atoms with Crippen LogP contribution in [0.3, 0.4) is 0 Å². The van der Waals surface area contributed by atoms with Crippen molar-refractivity contribution < 1.29 is 13.9 Å². The Morgan fingerprint density at radius 1 is 1.32 bits per heavy atom. The second-order valence-electron chi connectivity index (χ2n) is 4.84. The molecule has 5 heteroatoms. The summed E-state index contributed by atoms with van der Waals surface area (Å²) in [5, 5.41) is 0. The fourth-order valence-electron chi connectivity index (χ4n) is 1.71. The maximum Gasteiger partial charge on any atom is 0.241 e. The summed E-state index contributed by atoms with van der Waals surface area (Å²) in [4.78, 5) is 14.9. The number of benzene rings is 2. The average Bonchev–Trinajstić information content (AvgIpc) is 2.51. The van der Waals surface area contributed by atoms with Gasteiger partial charge in [0.1, 0.15) is 24.2 Å². The highest BCUT2D eigenvalue weighted by molar-refractivity contribution is 5.85. The van der Waals surface area contributed by atoms with Gasteiger partial charge >= 0.3 is 0 Å². The Hall–Kier alpha value is -2.69. The quantitative estimate of drug-likeness (QED) is 0.834. The predicted octanol–water partition coefficient (Wildman–Crippen LogP) is 2.70. The standard InChI is InChI=1S/C17H17FN2O2/c1-12(17(19)21)20-10-13-5-7-16(8-6-13)22-11-14-3-2-4-15(18)9-14/h2-10,12H,11H2,1H3,(H2,19,21)/b20-10+/t12-/m0/s1. The number of nitrogens with zero attached hydrogens (tertiary/aromatic N) is 1. The molecule has 0 aliphatic heterocycles. The van der Waals surface area contributed by atoms with Crippen LogP contribution in [-0.4, -0.2) is 18.2 Å². The van der Waals surface area contributed by atoms with Gasteiger partial charge in [0.25, 0.3) is 0 Å². The Labute approximate surface area is 128 Å². The fraction of sp³-hybridized carbons (Fsp3) is 0.176. The van der Waals surface area contributed by atoms with Crippen LogP contribution in [0.15, 0.2) is 53.5 Å². The summed E-state index contributed by atoms with van der Waals surface area (Å²) in [6, 6.07) is 12.9. The van der Waals surface area contributed by atoms with Crippen molar-refractivity contribution in [2.45, 2.75) is 19.6 Å². The van der Waals surface area contributed by atoms with Gasteiger partial charge in [-0.05, 0) is 54.4 Å². The van der Waals surface area contributed by atoms with Gasteiger partial charge in [-0.25, -0.2) is 4.39 Å². The first kappa shape index (κ1) is 15.7. The third-order valence-corrected chi connectivity index (χ3v) is 3.03. The van der Waals surface area contributed by atoms with Crippen LogP contribution in [0.5, 0.6) is 5.75 Å². The highest BCUT2D eigenvalue weighted by atomic mass is 19.1. The summed E-state index contributed by atoms with van der Waals surface area (Å²) in [5.74, 6) is -0.0770. The van der Waals surface area contributed by atoms with Gasteiger partial charge in [-0.1, -0.05) is 12.1 Å². The lowest BCUT2D eigenvalue weighted by Crippen LogP contribution is -2.23. The van der Waals surface area contributed by atoms with Crippen LogP contribution in [0.25, 0.3) is 0 Å². The Morgan fingerprint density at radius 2 is 2.05 bits per heavy atom. The van der Waals surface area contributed by atoms with E-state index >= 15 is 0 Å². The van der Waals surface area contributed by atoms with E-state index in [0.717, 1.165) is 11.1 Å². The molecule has 0 heterocycles. The lowest BCUT2D eigenvalue weighted by molar-refractivity contribution is -0.118. The number of primary amides is 1. The number of ether oxygens (including phenoxy) is 1. The van der Waals surface area contributed by atoms with E-state index < -0.39 is 11.9 Å². The SMILES string of the molecule is C[C@H](/N=C/c1ccc(OCc2cccc(F)c2)cc1)C(N)=O. The third kappa shape index (κ3) is 4.70. The number of carbonyl (C=O) groups excluding carboxylic acids is 1. The molecule has 2 aromatic carbocycles. The van der Waals surface area contributed by atoms with Crippen molar-refractivity contribution in [2.24, 2.45) is 10.7 Å². The Kier molecular flexibility index (Phi) is 5.25. The maximum atomic E-state index is 13.0. The van der Waals surface area contributed by atoms with Gasteiger partial charge in [0.05, 0.1) is 0 Å². The zero-order valence-electron chi connectivity index (χ0n) is 12.2. The van der Waals surface area contributed by atoms with Crippen LogP contribution in [0, 0.1) is 5.82 Å². The molecular weight excluding hydrogens is 283 g/mol. The van der Waals surface area contributed by atoms with E-state index in [4.69, 9.17) is 10.5 Å². The first-order valence-corrected chi connectivity index (χ1v) is 6.84. The summed E-state index contributed by atoms with van der Waals surface area (Å²) in [7, 11) is 0. The molecule has 0 unspecified atom stereocenters. The molecule has 0 saturated carbocycles. The third-order valence-electron chi connectivity index (χ3n) is 3.03. The molecule has 1 amide bonds. The van der Waals surface area contributed by atoms with Gasteiger partial charge in [0.2, 0.25) is 5.91 Å². The Balaban J connectivity index is 1.93. The van der Waals surface area contributed by atoms with E-state index in [1.807, 2.05) is 12.1 Å². The molecule has 0 spiro atoms. The van der Waals surface area contributed by atoms with Crippen molar-refractivity contribution in [3.05, 3.63) is 65.5 Å². The van der Waals surface area contributed by atoms with Crippen LogP contribution in [0.2, 0.25) is 0 Å². The van der Waals surface area contributed by atoms with Crippen LogP contribution in [0.4, 0.5) is 4.39 Å². The Morgan fingerprint density at radius 3 is 2.68 bits per heavy atom. The van der Waals surface area contributed by atoms with E-state index in [1.54, 1.807) is 37.4 Å². The lowest BCUT2D eigenvalue weighted by Gasteiger charge is -2.06. The zero-order chi connectivity index (χ0) is 15.9. The monoisotopic (exact) mass is 300 g/mol. The maximum absolute atomic E-state index is 13.0. The highest BCUT2D eigenvalue weighted by Gasteiger charge is 2.04. The summed E-state index contributed by atoms with van der Waals surface area (Å²) in [5.41, 5.74) is 6.73. The second-order valence-corrected chi connectivity index (χ2v) is 4.84. The first-order valence-electron chi connectivity index (χ1n) is 6.84. The minimum Gasteiger partial charge on any atom is -0.489 e. The van der Waals surface area contributed by atoms with Crippen molar-refractivity contribution in [1.29, 1.82) is 0 Å². The van der Waals surface area contributed by atoms with E-state index in [-0.39, 0.29) is 5.82 Å². The molecule has 4 nitrogen and oxygen atoms in total. The highest BCUT2D eigenvalue weighted by Crippen LogP contribution is 2.14. The van der Waals surface area contributed by atoms with Crippen LogP contribution in [0.1, 0.15) is 18.1 Å². The molecule has 0 aromatic heterocycles. The van der Waals surface area contributed by atoms with E-state index in [1.165, 1.54) is 12.1 Å².